The molecule has 1 N–H and O–H groups in total. The average molecular weight is 351 g/mol. The molecule has 0 unspecified atom stereocenters. The number of ketones is 1. The molecule has 1 aliphatic carbocycles. The summed E-state index contributed by atoms with van der Waals surface area (Å²) in [7, 11) is 3.22. The van der Waals surface area contributed by atoms with Gasteiger partial charge in [-0.3, -0.25) is 9.59 Å². The molecule has 2 atom stereocenters. The Morgan fingerprint density at radius 2 is 2.00 bits per heavy atom. The molecule has 2 aromatic rings. The molecule has 26 heavy (non-hydrogen) atoms. The predicted octanol–water partition coefficient (Wildman–Crippen LogP) is 2.69. The van der Waals surface area contributed by atoms with Gasteiger partial charge in [-0.05, 0) is 43.0 Å². The predicted molar refractivity (Wildman–Crippen MR) is 97.5 cm³/mol. The Kier molecular flexibility index (Phi) is 3.84. The summed E-state index contributed by atoms with van der Waals surface area (Å²) in [6, 6.07) is 12.7. The van der Waals surface area contributed by atoms with Gasteiger partial charge in [0.25, 0.3) is 5.91 Å². The largest absolute Gasteiger partial charge is 0.497 e. The molecule has 2 aromatic carbocycles. The summed E-state index contributed by atoms with van der Waals surface area (Å²) in [5, 5.41) is 11.2. The van der Waals surface area contributed by atoms with Crippen molar-refractivity contribution in [3.8, 4) is 5.75 Å². The SMILES string of the molecule is COc1ccc2c(c1)C(=O)[C@H](C[C@]1(O)C(=O)N(C)c3ccccc31)CC2. The van der Waals surface area contributed by atoms with E-state index < -0.39 is 11.5 Å². The maximum Gasteiger partial charge on any atom is 0.263 e. The van der Waals surface area contributed by atoms with Crippen LogP contribution in [0, 0.1) is 5.92 Å². The van der Waals surface area contributed by atoms with Crippen LogP contribution in [0.2, 0.25) is 0 Å². The van der Waals surface area contributed by atoms with Crippen molar-refractivity contribution < 1.29 is 19.4 Å². The Hall–Kier alpha value is -2.66. The number of rotatable bonds is 3. The lowest BCUT2D eigenvalue weighted by molar-refractivity contribution is -0.137. The minimum absolute atomic E-state index is 0.0293. The minimum atomic E-state index is -1.65. The second-order valence-electron chi connectivity index (χ2n) is 7.07. The van der Waals surface area contributed by atoms with Gasteiger partial charge in [-0.25, -0.2) is 0 Å². The molecule has 0 radical (unpaired) electrons. The number of carbonyl (C=O) groups is 2. The van der Waals surface area contributed by atoms with Crippen LogP contribution in [0.25, 0.3) is 0 Å². The minimum Gasteiger partial charge on any atom is -0.497 e. The normalized spacial score (nSPS) is 24.4. The number of likely N-dealkylation sites (N-methyl/N-ethyl adjacent to an activating group) is 1. The van der Waals surface area contributed by atoms with Crippen LogP contribution in [0.5, 0.6) is 5.75 Å². The highest BCUT2D eigenvalue weighted by Crippen LogP contribution is 2.45. The third-order valence-electron chi connectivity index (χ3n) is 5.63. The lowest BCUT2D eigenvalue weighted by Gasteiger charge is -2.30. The molecule has 134 valence electrons. The van der Waals surface area contributed by atoms with Crippen LogP contribution in [0.3, 0.4) is 0 Å². The van der Waals surface area contributed by atoms with Gasteiger partial charge in [0.15, 0.2) is 11.4 Å². The zero-order valence-corrected chi connectivity index (χ0v) is 14.9. The van der Waals surface area contributed by atoms with Crippen LogP contribution in [-0.4, -0.2) is 31.0 Å². The zero-order chi connectivity index (χ0) is 18.5. The Labute approximate surface area is 152 Å². The Bertz CT molecular complexity index is 907. The first-order chi connectivity index (χ1) is 12.5. The first kappa shape index (κ1) is 16.8. The molecule has 0 aromatic heterocycles. The van der Waals surface area contributed by atoms with Crippen molar-refractivity contribution in [3.63, 3.8) is 0 Å². The van der Waals surface area contributed by atoms with Crippen LogP contribution < -0.4 is 9.64 Å². The van der Waals surface area contributed by atoms with E-state index >= 15 is 0 Å². The average Bonchev–Trinajstić information content (AvgIpc) is 2.86. The second-order valence-corrected chi connectivity index (χ2v) is 7.07. The van der Waals surface area contributed by atoms with Gasteiger partial charge in [0, 0.05) is 24.1 Å². The molecular weight excluding hydrogens is 330 g/mol. The number of ether oxygens (including phenoxy) is 1. The van der Waals surface area contributed by atoms with E-state index in [1.54, 1.807) is 32.4 Å². The van der Waals surface area contributed by atoms with Crippen molar-refractivity contribution in [2.75, 3.05) is 19.1 Å². The number of amides is 1. The number of hydrogen-bond donors (Lipinski definition) is 1. The summed E-state index contributed by atoms with van der Waals surface area (Å²) in [6.07, 6.45) is 1.47. The highest BCUT2D eigenvalue weighted by atomic mass is 16.5. The molecule has 5 nitrogen and oxygen atoms in total. The lowest BCUT2D eigenvalue weighted by atomic mass is 9.75. The molecule has 0 bridgehead atoms. The third-order valence-corrected chi connectivity index (χ3v) is 5.63. The highest BCUT2D eigenvalue weighted by Gasteiger charge is 2.50. The summed E-state index contributed by atoms with van der Waals surface area (Å²) in [4.78, 5) is 27.3. The summed E-state index contributed by atoms with van der Waals surface area (Å²) < 4.78 is 5.23. The van der Waals surface area contributed by atoms with Crippen molar-refractivity contribution in [2.45, 2.75) is 24.9 Å². The molecule has 1 heterocycles. The maximum absolute atomic E-state index is 13.0. The topological polar surface area (TPSA) is 66.8 Å². The fraction of sp³-hybridized carbons (Fsp3) is 0.333. The third kappa shape index (κ3) is 2.35. The Balaban J connectivity index is 1.68. The van der Waals surface area contributed by atoms with Crippen LogP contribution in [0.1, 0.15) is 34.3 Å². The molecule has 5 heteroatoms. The van der Waals surface area contributed by atoms with E-state index in [-0.39, 0.29) is 18.1 Å². The van der Waals surface area contributed by atoms with Crippen LogP contribution in [-0.2, 0) is 16.8 Å². The number of aliphatic hydroxyl groups is 1. The first-order valence-corrected chi connectivity index (χ1v) is 8.77. The standard InChI is InChI=1S/C21H21NO4/c1-22-18-6-4-3-5-17(18)21(25,20(22)24)12-14-8-7-13-9-10-15(26-2)11-16(13)19(14)23/h3-6,9-11,14,25H,7-8,12H2,1-2H3/t14-,21+/m0/s1. The Morgan fingerprint density at radius 3 is 2.77 bits per heavy atom. The van der Waals surface area contributed by atoms with E-state index in [2.05, 4.69) is 0 Å². The molecule has 1 amide bonds. The van der Waals surface area contributed by atoms with E-state index in [0.29, 0.717) is 29.0 Å². The molecule has 0 fully saturated rings. The van der Waals surface area contributed by atoms with Gasteiger partial charge in [-0.1, -0.05) is 24.3 Å². The van der Waals surface area contributed by atoms with Crippen LogP contribution in [0.15, 0.2) is 42.5 Å². The quantitative estimate of drug-likeness (QED) is 0.923. The molecule has 1 aliphatic heterocycles. The summed E-state index contributed by atoms with van der Waals surface area (Å²) >= 11 is 0. The van der Waals surface area contributed by atoms with Gasteiger partial charge in [-0.2, -0.15) is 0 Å². The number of Topliss-reactive ketones (excluding diaryl/α,β-unsaturated/α-hetero) is 1. The van der Waals surface area contributed by atoms with E-state index in [9.17, 15) is 14.7 Å². The number of aryl methyl sites for hydroxylation is 1. The van der Waals surface area contributed by atoms with Crippen LogP contribution in [0.4, 0.5) is 5.69 Å². The van der Waals surface area contributed by atoms with E-state index in [0.717, 1.165) is 12.0 Å². The fourth-order valence-corrected chi connectivity index (χ4v) is 4.18. The van der Waals surface area contributed by atoms with Crippen molar-refractivity contribution in [1.82, 2.24) is 0 Å². The number of benzene rings is 2. The van der Waals surface area contributed by atoms with E-state index in [1.165, 1.54) is 4.90 Å². The smallest absolute Gasteiger partial charge is 0.263 e. The van der Waals surface area contributed by atoms with E-state index in [1.807, 2.05) is 24.3 Å². The fourth-order valence-electron chi connectivity index (χ4n) is 4.18. The number of anilines is 1. The van der Waals surface area contributed by atoms with Gasteiger partial charge in [0.1, 0.15) is 5.75 Å². The van der Waals surface area contributed by atoms with Gasteiger partial charge < -0.3 is 14.7 Å². The summed E-state index contributed by atoms with van der Waals surface area (Å²) in [5.41, 5.74) is 1.26. The molecule has 0 spiro atoms. The zero-order valence-electron chi connectivity index (χ0n) is 14.9. The number of fused-ring (bicyclic) bond motifs is 2. The Morgan fingerprint density at radius 1 is 1.23 bits per heavy atom. The summed E-state index contributed by atoms with van der Waals surface area (Å²) in [5.74, 6) is -0.164. The highest BCUT2D eigenvalue weighted by molar-refractivity contribution is 6.07. The second kappa shape index (κ2) is 5.95. The van der Waals surface area contributed by atoms with Gasteiger partial charge in [0.05, 0.1) is 12.8 Å². The van der Waals surface area contributed by atoms with E-state index in [4.69, 9.17) is 4.74 Å². The monoisotopic (exact) mass is 351 g/mol. The van der Waals surface area contributed by atoms with Gasteiger partial charge in [0.2, 0.25) is 0 Å². The number of hydrogen-bond acceptors (Lipinski definition) is 4. The van der Waals surface area contributed by atoms with Gasteiger partial charge in [-0.15, -0.1) is 0 Å². The molecule has 0 saturated carbocycles. The number of methoxy groups -OCH3 is 1. The molecular formula is C21H21NO4. The maximum atomic E-state index is 13.0. The van der Waals surface area contributed by atoms with Crippen LogP contribution >= 0.6 is 0 Å². The molecule has 0 saturated heterocycles. The number of para-hydroxylation sites is 1. The first-order valence-electron chi connectivity index (χ1n) is 8.77. The van der Waals surface area contributed by atoms with Crippen molar-refractivity contribution in [3.05, 3.63) is 59.2 Å². The van der Waals surface area contributed by atoms with Crippen molar-refractivity contribution >= 4 is 17.4 Å². The van der Waals surface area contributed by atoms with Crippen molar-refractivity contribution in [2.24, 2.45) is 5.92 Å². The van der Waals surface area contributed by atoms with Gasteiger partial charge >= 0.3 is 0 Å². The summed E-state index contributed by atoms with van der Waals surface area (Å²) in [6.45, 7) is 0. The number of nitrogens with zero attached hydrogens (tertiary/aromatic N) is 1. The lowest BCUT2D eigenvalue weighted by Crippen LogP contribution is -2.42. The molecule has 4 rings (SSSR count). The van der Waals surface area contributed by atoms with Crippen molar-refractivity contribution in [1.29, 1.82) is 0 Å². The molecule has 2 aliphatic rings. The number of carbonyl (C=O) groups excluding carboxylic acids is 2.